The van der Waals surface area contributed by atoms with Crippen molar-refractivity contribution in [3.63, 3.8) is 0 Å². The normalized spacial score (nSPS) is 8.87. The number of hydrogen-bond acceptors (Lipinski definition) is 4. The van der Waals surface area contributed by atoms with E-state index in [2.05, 4.69) is 25.7 Å². The molecule has 5 heteroatoms. The Labute approximate surface area is 98.0 Å². The smallest absolute Gasteiger partial charge is 0.357 e. The van der Waals surface area contributed by atoms with E-state index in [1.807, 2.05) is 20.8 Å². The molecule has 0 aromatic carbocycles. The molecule has 4 nitrogen and oxygen atoms in total. The minimum absolute atomic E-state index is 0.200. The highest BCUT2D eigenvalue weighted by Gasteiger charge is 2.13. The van der Waals surface area contributed by atoms with E-state index < -0.39 is 5.97 Å². The van der Waals surface area contributed by atoms with Crippen LogP contribution in [0.2, 0.25) is 0 Å². The van der Waals surface area contributed by atoms with Crippen LogP contribution in [0.5, 0.6) is 0 Å². The topological polar surface area (TPSA) is 65.2 Å². The van der Waals surface area contributed by atoms with Gasteiger partial charge in [-0.1, -0.05) is 13.8 Å². The van der Waals surface area contributed by atoms with Gasteiger partial charge in [0, 0.05) is 0 Å². The van der Waals surface area contributed by atoms with Crippen molar-refractivity contribution in [3.8, 4) is 0 Å². The van der Waals surface area contributed by atoms with Gasteiger partial charge in [-0.2, -0.15) is 0 Å². The van der Waals surface area contributed by atoms with E-state index in [0.29, 0.717) is 10.3 Å². The summed E-state index contributed by atoms with van der Waals surface area (Å²) in [6.07, 6.45) is 0. The Morgan fingerprint density at radius 2 is 2.07 bits per heavy atom. The van der Waals surface area contributed by atoms with Crippen LogP contribution in [0.4, 0.5) is 5.82 Å². The lowest BCUT2D eigenvalue weighted by atomic mass is 10.2. The molecule has 0 aliphatic carbocycles. The highest BCUT2D eigenvalue weighted by atomic mass is 79.9. The van der Waals surface area contributed by atoms with Crippen LogP contribution >= 0.6 is 15.9 Å². The number of aryl methyl sites for hydroxylation is 1. The van der Waals surface area contributed by atoms with Crippen LogP contribution in [0.15, 0.2) is 10.5 Å². The first-order valence-corrected chi connectivity index (χ1v) is 5.36. The van der Waals surface area contributed by atoms with Crippen molar-refractivity contribution in [3.05, 3.63) is 21.8 Å². The highest BCUT2D eigenvalue weighted by Crippen LogP contribution is 2.20. The molecule has 0 radical (unpaired) electrons. The molecule has 0 aliphatic heterocycles. The number of methoxy groups -OCH3 is 1. The van der Waals surface area contributed by atoms with Crippen LogP contribution in [0, 0.1) is 6.92 Å². The van der Waals surface area contributed by atoms with Crippen molar-refractivity contribution >= 4 is 27.7 Å². The Bertz CT molecular complexity index is 354. The molecule has 0 saturated heterocycles. The number of carbonyl (C=O) groups is 1. The Kier molecular flexibility index (Phi) is 5.93. The fourth-order valence-corrected chi connectivity index (χ4v) is 1.43. The van der Waals surface area contributed by atoms with Gasteiger partial charge in [0.1, 0.15) is 5.82 Å². The second kappa shape index (κ2) is 6.40. The first-order valence-electron chi connectivity index (χ1n) is 4.57. The van der Waals surface area contributed by atoms with E-state index in [9.17, 15) is 4.79 Å². The lowest BCUT2D eigenvalue weighted by Crippen LogP contribution is -2.08. The summed E-state index contributed by atoms with van der Waals surface area (Å²) >= 11 is 3.20. The molecular weight excluding hydrogens is 260 g/mol. The summed E-state index contributed by atoms with van der Waals surface area (Å²) in [5, 5.41) is 0. The Morgan fingerprint density at radius 3 is 2.53 bits per heavy atom. The van der Waals surface area contributed by atoms with E-state index in [1.54, 1.807) is 6.07 Å². The van der Waals surface area contributed by atoms with E-state index in [0.717, 1.165) is 5.56 Å². The van der Waals surface area contributed by atoms with Crippen LogP contribution in [0.25, 0.3) is 0 Å². The molecule has 0 saturated carbocycles. The Morgan fingerprint density at radius 1 is 1.53 bits per heavy atom. The summed E-state index contributed by atoms with van der Waals surface area (Å²) < 4.78 is 5.11. The average Bonchev–Trinajstić information content (AvgIpc) is 2.25. The van der Waals surface area contributed by atoms with E-state index in [4.69, 9.17) is 5.73 Å². The molecule has 1 aromatic rings. The summed E-state index contributed by atoms with van der Waals surface area (Å²) in [5.41, 5.74) is 6.56. The number of aromatic nitrogens is 1. The standard InChI is InChI=1S/C8H9BrN2O2.C2H6/c1-4-3-5(9)6(8(12)13-2)11-7(4)10;1-2/h3H,1-2H3,(H2,10,11);1-2H3. The molecule has 0 spiro atoms. The van der Waals surface area contributed by atoms with Gasteiger partial charge in [0.25, 0.3) is 0 Å². The van der Waals surface area contributed by atoms with Crippen molar-refractivity contribution in [2.45, 2.75) is 20.8 Å². The first kappa shape index (κ1) is 13.9. The molecule has 0 aliphatic rings. The lowest BCUT2D eigenvalue weighted by Gasteiger charge is -2.04. The SMILES string of the molecule is CC.COC(=O)c1nc(N)c(C)cc1Br. The van der Waals surface area contributed by atoms with Gasteiger partial charge >= 0.3 is 5.97 Å². The van der Waals surface area contributed by atoms with Crippen LogP contribution in [-0.2, 0) is 4.74 Å². The summed E-state index contributed by atoms with van der Waals surface area (Å²) in [6, 6.07) is 1.73. The molecule has 1 aromatic heterocycles. The van der Waals surface area contributed by atoms with Gasteiger partial charge in [0.05, 0.1) is 11.6 Å². The van der Waals surface area contributed by atoms with Crippen LogP contribution < -0.4 is 5.73 Å². The number of esters is 1. The van der Waals surface area contributed by atoms with Gasteiger partial charge in [-0.3, -0.25) is 0 Å². The third-order valence-corrected chi connectivity index (χ3v) is 2.19. The molecular formula is C10H15BrN2O2. The number of pyridine rings is 1. The van der Waals surface area contributed by atoms with Gasteiger partial charge in [0.15, 0.2) is 5.69 Å². The summed E-state index contributed by atoms with van der Waals surface area (Å²) in [4.78, 5) is 15.0. The lowest BCUT2D eigenvalue weighted by molar-refractivity contribution is 0.0593. The minimum Gasteiger partial charge on any atom is -0.464 e. The number of hydrogen-bond donors (Lipinski definition) is 1. The van der Waals surface area contributed by atoms with Crippen LogP contribution in [0.3, 0.4) is 0 Å². The second-order valence-electron chi connectivity index (χ2n) is 2.51. The number of anilines is 1. The molecule has 0 atom stereocenters. The number of nitrogens with two attached hydrogens (primary N) is 1. The maximum absolute atomic E-state index is 11.1. The molecule has 84 valence electrons. The summed E-state index contributed by atoms with van der Waals surface area (Å²) in [7, 11) is 1.30. The Hall–Kier alpha value is -1.10. The molecule has 15 heavy (non-hydrogen) atoms. The molecule has 0 amide bonds. The molecule has 0 bridgehead atoms. The largest absolute Gasteiger partial charge is 0.464 e. The van der Waals surface area contributed by atoms with E-state index in [1.165, 1.54) is 7.11 Å². The molecule has 1 rings (SSSR count). The number of ether oxygens (including phenoxy) is 1. The maximum atomic E-state index is 11.1. The predicted octanol–water partition coefficient (Wildman–Crippen LogP) is 2.55. The van der Waals surface area contributed by atoms with Crippen molar-refractivity contribution in [2.75, 3.05) is 12.8 Å². The number of rotatable bonds is 1. The molecule has 2 N–H and O–H groups in total. The molecule has 0 fully saturated rings. The van der Waals surface area contributed by atoms with Gasteiger partial charge in [0.2, 0.25) is 0 Å². The van der Waals surface area contributed by atoms with E-state index >= 15 is 0 Å². The zero-order valence-corrected chi connectivity index (χ0v) is 10.9. The van der Waals surface area contributed by atoms with Gasteiger partial charge in [-0.25, -0.2) is 9.78 Å². The maximum Gasteiger partial charge on any atom is 0.357 e. The second-order valence-corrected chi connectivity index (χ2v) is 3.37. The third-order valence-electron chi connectivity index (χ3n) is 1.58. The van der Waals surface area contributed by atoms with Gasteiger partial charge in [-0.15, -0.1) is 0 Å². The Balaban J connectivity index is 0.000000921. The van der Waals surface area contributed by atoms with E-state index in [-0.39, 0.29) is 5.69 Å². The van der Waals surface area contributed by atoms with Crippen LogP contribution in [-0.4, -0.2) is 18.1 Å². The number of nitrogen functional groups attached to an aromatic ring is 1. The van der Waals surface area contributed by atoms with Crippen LogP contribution in [0.1, 0.15) is 29.9 Å². The average molecular weight is 275 g/mol. The fraction of sp³-hybridized carbons (Fsp3) is 0.400. The number of carbonyl (C=O) groups excluding carboxylic acids is 1. The quantitative estimate of drug-likeness (QED) is 0.800. The van der Waals surface area contributed by atoms with Crippen molar-refractivity contribution in [1.82, 2.24) is 4.98 Å². The van der Waals surface area contributed by atoms with Gasteiger partial charge < -0.3 is 10.5 Å². The summed E-state index contributed by atoms with van der Waals surface area (Å²) in [5.74, 6) is -0.165. The summed E-state index contributed by atoms with van der Waals surface area (Å²) in [6.45, 7) is 5.81. The van der Waals surface area contributed by atoms with Crippen molar-refractivity contribution in [2.24, 2.45) is 0 Å². The first-order chi connectivity index (χ1) is 7.06. The molecule has 1 heterocycles. The predicted molar refractivity (Wildman–Crippen MR) is 63.8 cm³/mol. The number of halogens is 1. The fourth-order valence-electron chi connectivity index (χ4n) is 0.834. The van der Waals surface area contributed by atoms with Crippen molar-refractivity contribution in [1.29, 1.82) is 0 Å². The minimum atomic E-state index is -0.501. The molecule has 0 unspecified atom stereocenters. The zero-order chi connectivity index (χ0) is 12.0. The monoisotopic (exact) mass is 274 g/mol. The van der Waals surface area contributed by atoms with Gasteiger partial charge in [-0.05, 0) is 34.5 Å². The van der Waals surface area contributed by atoms with Crippen molar-refractivity contribution < 1.29 is 9.53 Å². The highest BCUT2D eigenvalue weighted by molar-refractivity contribution is 9.10. The third kappa shape index (κ3) is 3.51. The number of nitrogens with zero attached hydrogens (tertiary/aromatic N) is 1. The zero-order valence-electron chi connectivity index (χ0n) is 9.30.